The first-order valence-corrected chi connectivity index (χ1v) is 9.31. The van der Waals surface area contributed by atoms with E-state index in [0.717, 1.165) is 22.1 Å². The molecule has 0 radical (unpaired) electrons. The molecular weight excluding hydrogens is 398 g/mol. The van der Waals surface area contributed by atoms with Crippen LogP contribution in [0.3, 0.4) is 0 Å². The van der Waals surface area contributed by atoms with E-state index in [9.17, 15) is 13.6 Å². The van der Waals surface area contributed by atoms with Gasteiger partial charge in [0.25, 0.3) is 5.91 Å². The summed E-state index contributed by atoms with van der Waals surface area (Å²) in [5.41, 5.74) is 1.96. The van der Waals surface area contributed by atoms with E-state index in [1.807, 2.05) is 24.3 Å². The number of rotatable bonds is 4. The molecule has 7 nitrogen and oxygen atoms in total. The van der Waals surface area contributed by atoms with Crippen molar-refractivity contribution in [2.24, 2.45) is 7.05 Å². The third kappa shape index (κ3) is 3.74. The minimum Gasteiger partial charge on any atom is -0.298 e. The van der Waals surface area contributed by atoms with Crippen molar-refractivity contribution in [1.82, 2.24) is 25.2 Å². The van der Waals surface area contributed by atoms with Crippen molar-refractivity contribution >= 4 is 22.4 Å². The number of aromatic nitrogens is 5. The Kier molecular flexibility index (Phi) is 4.85. The molecule has 146 valence electrons. The van der Waals surface area contributed by atoms with Gasteiger partial charge in [-0.3, -0.25) is 10.1 Å². The maximum Gasteiger partial charge on any atom is 0.260 e. The smallest absolute Gasteiger partial charge is 0.260 e. The van der Waals surface area contributed by atoms with Gasteiger partial charge in [0.15, 0.2) is 16.8 Å². The third-order valence-corrected chi connectivity index (χ3v) is 5.23. The Hall–Kier alpha value is -3.53. The number of carbonyl (C=O) groups is 1. The number of hydrogen-bond acceptors (Lipinski definition) is 6. The van der Waals surface area contributed by atoms with Crippen LogP contribution in [0, 0.1) is 18.6 Å². The van der Waals surface area contributed by atoms with Gasteiger partial charge >= 0.3 is 0 Å². The molecule has 1 N–H and O–H groups in total. The van der Waals surface area contributed by atoms with Gasteiger partial charge in [0.05, 0.1) is 23.2 Å². The van der Waals surface area contributed by atoms with E-state index in [2.05, 4.69) is 25.7 Å². The Balaban J connectivity index is 1.62. The molecule has 10 heteroatoms. The Morgan fingerprint density at radius 1 is 1.14 bits per heavy atom. The van der Waals surface area contributed by atoms with Crippen LogP contribution in [0.1, 0.15) is 16.1 Å². The molecule has 29 heavy (non-hydrogen) atoms. The molecule has 0 aliphatic rings. The highest BCUT2D eigenvalue weighted by atomic mass is 32.1. The maximum absolute atomic E-state index is 13.8. The van der Waals surface area contributed by atoms with E-state index in [-0.39, 0.29) is 10.7 Å². The average Bonchev–Trinajstić information content (AvgIpc) is 3.29. The van der Waals surface area contributed by atoms with E-state index in [0.29, 0.717) is 11.5 Å². The summed E-state index contributed by atoms with van der Waals surface area (Å²) in [6.07, 6.45) is 0. The van der Waals surface area contributed by atoms with Gasteiger partial charge in [0.2, 0.25) is 5.82 Å². The highest BCUT2D eigenvalue weighted by molar-refractivity contribution is 7.19. The monoisotopic (exact) mass is 412 g/mol. The molecule has 2 aromatic heterocycles. The Morgan fingerprint density at radius 2 is 1.90 bits per heavy atom. The minimum atomic E-state index is -1.19. The number of halogens is 2. The molecule has 0 saturated heterocycles. The summed E-state index contributed by atoms with van der Waals surface area (Å²) < 4.78 is 27.2. The zero-order valence-corrected chi connectivity index (χ0v) is 16.2. The van der Waals surface area contributed by atoms with Gasteiger partial charge in [-0.05, 0) is 35.9 Å². The lowest BCUT2D eigenvalue weighted by Gasteiger charge is -2.03. The van der Waals surface area contributed by atoms with E-state index in [1.54, 1.807) is 14.0 Å². The lowest BCUT2D eigenvalue weighted by atomic mass is 10.1. The van der Waals surface area contributed by atoms with Crippen LogP contribution in [0.2, 0.25) is 0 Å². The number of amides is 1. The lowest BCUT2D eigenvalue weighted by molar-refractivity contribution is 0.102. The Morgan fingerprint density at radius 3 is 2.66 bits per heavy atom. The van der Waals surface area contributed by atoms with Gasteiger partial charge in [-0.15, -0.1) is 10.2 Å². The van der Waals surface area contributed by atoms with Crippen LogP contribution in [0.15, 0.2) is 42.5 Å². The summed E-state index contributed by atoms with van der Waals surface area (Å²) in [4.78, 5) is 18.8. The fourth-order valence-electron chi connectivity index (χ4n) is 2.76. The second-order valence-electron chi connectivity index (χ2n) is 6.17. The zero-order chi connectivity index (χ0) is 20.5. The number of nitrogens with one attached hydrogen (secondary N) is 1. The van der Waals surface area contributed by atoms with Gasteiger partial charge in [-0.2, -0.15) is 4.80 Å². The molecular formula is C19H14F2N6OS. The van der Waals surface area contributed by atoms with Crippen molar-refractivity contribution in [1.29, 1.82) is 0 Å². The van der Waals surface area contributed by atoms with E-state index in [1.165, 1.54) is 28.3 Å². The summed E-state index contributed by atoms with van der Waals surface area (Å²) in [6, 6.07) is 11.0. The van der Waals surface area contributed by atoms with E-state index in [4.69, 9.17) is 0 Å². The highest BCUT2D eigenvalue weighted by Gasteiger charge is 2.18. The number of anilines is 1. The van der Waals surface area contributed by atoms with Crippen molar-refractivity contribution in [2.45, 2.75) is 6.92 Å². The van der Waals surface area contributed by atoms with Crippen LogP contribution in [0.25, 0.3) is 21.8 Å². The van der Waals surface area contributed by atoms with Crippen LogP contribution >= 0.6 is 11.3 Å². The number of aryl methyl sites for hydroxylation is 2. The number of tetrazole rings is 1. The van der Waals surface area contributed by atoms with Gasteiger partial charge in [0, 0.05) is 5.56 Å². The van der Waals surface area contributed by atoms with Crippen LogP contribution in [0.5, 0.6) is 0 Å². The number of hydrogen-bond donors (Lipinski definition) is 1. The summed E-state index contributed by atoms with van der Waals surface area (Å²) >= 11 is 1.23. The lowest BCUT2D eigenvalue weighted by Crippen LogP contribution is -2.14. The van der Waals surface area contributed by atoms with Crippen LogP contribution in [-0.4, -0.2) is 31.1 Å². The molecule has 0 bridgehead atoms. The first kappa shape index (κ1) is 18.8. The summed E-state index contributed by atoms with van der Waals surface area (Å²) in [5.74, 6) is -2.54. The number of thiazole rings is 1. The number of carbonyl (C=O) groups excluding carboxylic acids is 1. The molecule has 0 atom stereocenters. The zero-order valence-electron chi connectivity index (χ0n) is 15.3. The molecule has 4 aromatic rings. The quantitative estimate of drug-likeness (QED) is 0.550. The van der Waals surface area contributed by atoms with Gasteiger partial charge in [-0.25, -0.2) is 13.8 Å². The molecule has 0 spiro atoms. The Labute approximate surface area is 168 Å². The van der Waals surface area contributed by atoms with Crippen molar-refractivity contribution in [3.8, 4) is 21.8 Å². The predicted molar refractivity (Wildman–Crippen MR) is 104 cm³/mol. The van der Waals surface area contributed by atoms with Crippen molar-refractivity contribution < 1.29 is 13.6 Å². The summed E-state index contributed by atoms with van der Waals surface area (Å²) in [6.45, 7) is 1.80. The SMILES string of the molecule is Cc1nc(NC(=O)c2cccc(F)c2F)sc1-c1cccc(-c2nnn(C)n2)c1. The highest BCUT2D eigenvalue weighted by Crippen LogP contribution is 2.34. The standard InChI is InChI=1S/C19H14F2N6OS/c1-10-16(11-5-3-6-12(9-11)17-24-26-27(2)25-17)29-19(22-10)23-18(28)13-7-4-8-14(20)15(13)21/h3-9H,1-2H3,(H,22,23,28). The normalized spacial score (nSPS) is 10.9. The molecule has 0 unspecified atom stereocenters. The molecule has 1 amide bonds. The maximum atomic E-state index is 13.8. The molecule has 0 saturated carbocycles. The molecule has 0 fully saturated rings. The fraction of sp³-hybridized carbons (Fsp3) is 0.105. The van der Waals surface area contributed by atoms with Gasteiger partial charge in [0.1, 0.15) is 0 Å². The number of benzene rings is 2. The van der Waals surface area contributed by atoms with Gasteiger partial charge < -0.3 is 0 Å². The number of nitrogens with zero attached hydrogens (tertiary/aromatic N) is 5. The first-order valence-electron chi connectivity index (χ1n) is 8.50. The molecule has 4 rings (SSSR count). The van der Waals surface area contributed by atoms with Crippen LogP contribution < -0.4 is 5.32 Å². The summed E-state index contributed by atoms with van der Waals surface area (Å²) in [5, 5.41) is 14.8. The van der Waals surface area contributed by atoms with Gasteiger partial charge in [-0.1, -0.05) is 35.6 Å². The topological polar surface area (TPSA) is 85.6 Å². The average molecular weight is 412 g/mol. The van der Waals surface area contributed by atoms with Crippen molar-refractivity contribution in [2.75, 3.05) is 5.32 Å². The van der Waals surface area contributed by atoms with Crippen molar-refractivity contribution in [3.63, 3.8) is 0 Å². The second-order valence-corrected chi connectivity index (χ2v) is 7.17. The van der Waals surface area contributed by atoms with E-state index < -0.39 is 17.5 Å². The molecule has 0 aliphatic carbocycles. The molecule has 2 heterocycles. The third-order valence-electron chi connectivity index (χ3n) is 4.10. The minimum absolute atomic E-state index is 0.286. The summed E-state index contributed by atoms with van der Waals surface area (Å²) in [7, 11) is 1.68. The van der Waals surface area contributed by atoms with Crippen LogP contribution in [0.4, 0.5) is 13.9 Å². The predicted octanol–water partition coefficient (Wildman–Crippen LogP) is 3.84. The van der Waals surface area contributed by atoms with E-state index >= 15 is 0 Å². The first-order chi connectivity index (χ1) is 13.9. The second kappa shape index (κ2) is 7.47. The van der Waals surface area contributed by atoms with Crippen LogP contribution in [-0.2, 0) is 7.05 Å². The Bertz CT molecular complexity index is 1220. The largest absolute Gasteiger partial charge is 0.298 e. The molecule has 0 aliphatic heterocycles. The molecule has 2 aromatic carbocycles. The van der Waals surface area contributed by atoms with Crippen molar-refractivity contribution in [3.05, 3.63) is 65.4 Å². The fourth-order valence-corrected chi connectivity index (χ4v) is 3.72.